The Kier molecular flexibility index (Phi) is 10.3. The van der Waals surface area contributed by atoms with Crippen molar-refractivity contribution in [3.63, 3.8) is 0 Å². The molecule has 0 spiro atoms. The SMILES string of the molecule is CC(C)C(N)C(=O)NC(CS)C(=O)NC(CC(=O)O)C(=O)NCC(=O)O. The number of aliphatic carboxylic acids is 2. The first-order valence-electron chi connectivity index (χ1n) is 7.68. The molecule has 0 aromatic heterocycles. The van der Waals surface area contributed by atoms with Crippen molar-refractivity contribution in [3.8, 4) is 0 Å². The predicted molar refractivity (Wildman–Crippen MR) is 93.4 cm³/mol. The van der Waals surface area contributed by atoms with Gasteiger partial charge in [0.1, 0.15) is 18.6 Å². The monoisotopic (exact) mass is 392 g/mol. The van der Waals surface area contributed by atoms with Crippen LogP contribution in [0.3, 0.4) is 0 Å². The zero-order valence-corrected chi connectivity index (χ0v) is 15.3. The number of amides is 3. The number of hydrogen-bond donors (Lipinski definition) is 7. The fourth-order valence-electron chi connectivity index (χ4n) is 1.71. The van der Waals surface area contributed by atoms with E-state index in [0.717, 1.165) is 0 Å². The Balaban J connectivity index is 5.01. The maximum absolute atomic E-state index is 12.2. The first kappa shape index (κ1) is 23.7. The van der Waals surface area contributed by atoms with E-state index in [4.69, 9.17) is 15.9 Å². The molecule has 3 atom stereocenters. The van der Waals surface area contributed by atoms with Crippen LogP contribution in [-0.4, -0.2) is 70.3 Å². The highest BCUT2D eigenvalue weighted by Crippen LogP contribution is 2.01. The number of nitrogens with one attached hydrogen (secondary N) is 3. The molecule has 0 aliphatic heterocycles. The molecule has 0 aliphatic rings. The minimum Gasteiger partial charge on any atom is -0.481 e. The van der Waals surface area contributed by atoms with Crippen molar-refractivity contribution in [1.29, 1.82) is 0 Å². The number of rotatable bonds is 11. The lowest BCUT2D eigenvalue weighted by Crippen LogP contribution is -2.57. The van der Waals surface area contributed by atoms with Gasteiger partial charge in [-0.15, -0.1) is 0 Å². The minimum absolute atomic E-state index is 0.126. The highest BCUT2D eigenvalue weighted by molar-refractivity contribution is 7.80. The van der Waals surface area contributed by atoms with Gasteiger partial charge in [-0.2, -0.15) is 12.6 Å². The van der Waals surface area contributed by atoms with Crippen LogP contribution in [0.5, 0.6) is 0 Å². The lowest BCUT2D eigenvalue weighted by molar-refractivity contribution is -0.141. The molecule has 0 bridgehead atoms. The normalized spacial score (nSPS) is 14.0. The Labute approximate surface area is 155 Å². The molecule has 0 rings (SSSR count). The van der Waals surface area contributed by atoms with Crippen LogP contribution in [0.25, 0.3) is 0 Å². The van der Waals surface area contributed by atoms with Crippen LogP contribution in [0, 0.1) is 5.92 Å². The zero-order valence-electron chi connectivity index (χ0n) is 14.4. The molecule has 0 saturated carbocycles. The lowest BCUT2D eigenvalue weighted by atomic mass is 10.0. The number of carboxylic acids is 2. The van der Waals surface area contributed by atoms with Crippen LogP contribution in [0.1, 0.15) is 20.3 Å². The molecular formula is C14H24N4O7S. The molecule has 0 fully saturated rings. The number of carbonyl (C=O) groups excluding carboxylic acids is 3. The average molecular weight is 392 g/mol. The van der Waals surface area contributed by atoms with E-state index in [1.54, 1.807) is 13.8 Å². The highest BCUT2D eigenvalue weighted by Gasteiger charge is 2.29. The van der Waals surface area contributed by atoms with E-state index in [1.165, 1.54) is 0 Å². The van der Waals surface area contributed by atoms with Crippen molar-refractivity contribution in [3.05, 3.63) is 0 Å². The maximum Gasteiger partial charge on any atom is 0.322 e. The molecule has 26 heavy (non-hydrogen) atoms. The van der Waals surface area contributed by atoms with Crippen molar-refractivity contribution >= 4 is 42.3 Å². The average Bonchev–Trinajstić information content (AvgIpc) is 2.54. The van der Waals surface area contributed by atoms with Crippen molar-refractivity contribution < 1.29 is 34.2 Å². The van der Waals surface area contributed by atoms with E-state index in [-0.39, 0.29) is 11.7 Å². The largest absolute Gasteiger partial charge is 0.481 e. The van der Waals surface area contributed by atoms with Crippen LogP contribution in [0.2, 0.25) is 0 Å². The van der Waals surface area contributed by atoms with Crippen LogP contribution < -0.4 is 21.7 Å². The van der Waals surface area contributed by atoms with Gasteiger partial charge >= 0.3 is 11.9 Å². The van der Waals surface area contributed by atoms with Gasteiger partial charge in [-0.3, -0.25) is 24.0 Å². The van der Waals surface area contributed by atoms with Crippen molar-refractivity contribution in [2.75, 3.05) is 12.3 Å². The summed E-state index contributed by atoms with van der Waals surface area (Å²) in [5, 5.41) is 23.9. The number of thiol groups is 1. The quantitative estimate of drug-likeness (QED) is 0.189. The first-order chi connectivity index (χ1) is 12.0. The van der Waals surface area contributed by atoms with Gasteiger partial charge in [0.25, 0.3) is 0 Å². The fourth-order valence-corrected chi connectivity index (χ4v) is 1.96. The summed E-state index contributed by atoms with van der Waals surface area (Å²) in [6, 6.07) is -3.53. The second-order valence-electron chi connectivity index (χ2n) is 5.78. The number of nitrogens with two attached hydrogens (primary N) is 1. The van der Waals surface area contributed by atoms with Crippen molar-refractivity contribution in [2.24, 2.45) is 11.7 Å². The Morgan fingerprint density at radius 2 is 1.46 bits per heavy atom. The van der Waals surface area contributed by atoms with Gasteiger partial charge in [-0.25, -0.2) is 0 Å². The van der Waals surface area contributed by atoms with E-state index in [1.807, 2.05) is 5.32 Å². The molecule has 0 radical (unpaired) electrons. The Bertz CT molecular complexity index is 555. The molecule has 3 amide bonds. The van der Waals surface area contributed by atoms with Crippen molar-refractivity contribution in [1.82, 2.24) is 16.0 Å². The van der Waals surface area contributed by atoms with Gasteiger partial charge < -0.3 is 31.9 Å². The number of hydrogen-bond acceptors (Lipinski definition) is 7. The maximum atomic E-state index is 12.2. The summed E-state index contributed by atoms with van der Waals surface area (Å²) in [6.07, 6.45) is -0.768. The Hall–Kier alpha value is -2.34. The standard InChI is InChI=1S/C14H24N4O7S/c1-6(2)11(15)14(25)18-8(5-26)13(24)17-7(3-9(19)20)12(23)16-4-10(21)22/h6-8,11,26H,3-5,15H2,1-2H3,(H,16,23)(H,17,24)(H,18,25)(H,19,20)(H,21,22). The van der Waals surface area contributed by atoms with E-state index >= 15 is 0 Å². The topological polar surface area (TPSA) is 188 Å². The third-order valence-corrected chi connectivity index (χ3v) is 3.63. The molecule has 3 unspecified atom stereocenters. The number of carbonyl (C=O) groups is 5. The Morgan fingerprint density at radius 3 is 1.88 bits per heavy atom. The highest BCUT2D eigenvalue weighted by atomic mass is 32.1. The van der Waals surface area contributed by atoms with E-state index < -0.39 is 60.8 Å². The van der Waals surface area contributed by atoms with Gasteiger partial charge in [-0.1, -0.05) is 13.8 Å². The smallest absolute Gasteiger partial charge is 0.322 e. The summed E-state index contributed by atoms with van der Waals surface area (Å²) in [4.78, 5) is 57.4. The zero-order chi connectivity index (χ0) is 20.4. The molecule has 12 heteroatoms. The van der Waals surface area contributed by atoms with E-state index in [0.29, 0.717) is 0 Å². The second kappa shape index (κ2) is 11.3. The van der Waals surface area contributed by atoms with Gasteiger partial charge in [0.2, 0.25) is 17.7 Å². The predicted octanol–water partition coefficient (Wildman–Crippen LogP) is -2.46. The molecule has 11 nitrogen and oxygen atoms in total. The number of carboxylic acid groups (broad SMARTS) is 2. The molecule has 0 aromatic carbocycles. The minimum atomic E-state index is -1.52. The van der Waals surface area contributed by atoms with Crippen LogP contribution in [0.4, 0.5) is 0 Å². The van der Waals surface area contributed by atoms with Gasteiger partial charge in [-0.05, 0) is 5.92 Å². The van der Waals surface area contributed by atoms with Crippen LogP contribution in [-0.2, 0) is 24.0 Å². The molecule has 7 N–H and O–H groups in total. The third kappa shape index (κ3) is 8.67. The van der Waals surface area contributed by atoms with E-state index in [9.17, 15) is 24.0 Å². The molecule has 0 aromatic rings. The van der Waals surface area contributed by atoms with E-state index in [2.05, 4.69) is 23.3 Å². The summed E-state index contributed by atoms with van der Waals surface area (Å²) in [6.45, 7) is 2.70. The molecule has 148 valence electrons. The van der Waals surface area contributed by atoms with Gasteiger partial charge in [0.15, 0.2) is 0 Å². The summed E-state index contributed by atoms with van der Waals surface area (Å²) in [5.41, 5.74) is 5.68. The third-order valence-electron chi connectivity index (χ3n) is 3.26. The molecular weight excluding hydrogens is 368 g/mol. The Morgan fingerprint density at radius 1 is 0.923 bits per heavy atom. The van der Waals surface area contributed by atoms with Crippen LogP contribution in [0.15, 0.2) is 0 Å². The van der Waals surface area contributed by atoms with Gasteiger partial charge in [0.05, 0.1) is 12.5 Å². The first-order valence-corrected chi connectivity index (χ1v) is 8.31. The van der Waals surface area contributed by atoms with Gasteiger partial charge in [0, 0.05) is 5.75 Å². The molecule has 0 heterocycles. The fraction of sp³-hybridized carbons (Fsp3) is 0.643. The summed E-state index contributed by atoms with van der Waals surface area (Å²) < 4.78 is 0. The summed E-state index contributed by atoms with van der Waals surface area (Å²) in [7, 11) is 0. The van der Waals surface area contributed by atoms with Crippen molar-refractivity contribution in [2.45, 2.75) is 38.4 Å². The second-order valence-corrected chi connectivity index (χ2v) is 6.15. The summed E-state index contributed by atoms with van der Waals surface area (Å²) >= 11 is 3.95. The molecule has 0 saturated heterocycles. The lowest BCUT2D eigenvalue weighted by Gasteiger charge is -2.23. The van der Waals surface area contributed by atoms with Crippen LogP contribution >= 0.6 is 12.6 Å². The molecule has 0 aliphatic carbocycles. The summed E-state index contributed by atoms with van der Waals surface area (Å²) in [5.74, 6) is -5.44.